The van der Waals surface area contributed by atoms with Gasteiger partial charge in [-0.25, -0.2) is 0 Å². The number of aromatic nitrogens is 1. The number of ether oxygens (including phenoxy) is 1. The third kappa shape index (κ3) is 3.41. The summed E-state index contributed by atoms with van der Waals surface area (Å²) in [6.07, 6.45) is -0.00532. The first-order valence-electron chi connectivity index (χ1n) is 7.27. The Balaban J connectivity index is 2.02. The third-order valence-corrected chi connectivity index (χ3v) is 3.72. The van der Waals surface area contributed by atoms with Crippen molar-refractivity contribution >= 4 is 17.6 Å². The van der Waals surface area contributed by atoms with Crippen LogP contribution in [0.5, 0.6) is 11.8 Å². The van der Waals surface area contributed by atoms with Gasteiger partial charge in [0.15, 0.2) is 0 Å². The van der Waals surface area contributed by atoms with Crippen LogP contribution in [0.15, 0.2) is 59.0 Å². The van der Waals surface area contributed by atoms with E-state index < -0.39 is 11.9 Å². The lowest BCUT2D eigenvalue weighted by atomic mass is 10.0. The van der Waals surface area contributed by atoms with Crippen molar-refractivity contribution in [1.29, 1.82) is 0 Å². The second kappa shape index (κ2) is 6.76. The summed E-state index contributed by atoms with van der Waals surface area (Å²) in [5, 5.41) is 9.88. The lowest BCUT2D eigenvalue weighted by Crippen LogP contribution is -2.07. The Morgan fingerprint density at radius 3 is 2.46 bits per heavy atom. The second-order valence-corrected chi connectivity index (χ2v) is 5.61. The van der Waals surface area contributed by atoms with Crippen molar-refractivity contribution in [2.75, 3.05) is 0 Å². The monoisotopic (exact) mass is 343 g/mol. The van der Waals surface area contributed by atoms with Crippen LogP contribution in [-0.4, -0.2) is 16.1 Å². The lowest BCUT2D eigenvalue weighted by molar-refractivity contribution is -0.138. The van der Waals surface area contributed by atoms with Crippen molar-refractivity contribution in [3.63, 3.8) is 0 Å². The van der Waals surface area contributed by atoms with Crippen molar-refractivity contribution in [2.24, 2.45) is 0 Å². The number of carbonyl (C=O) groups is 1. The summed E-state index contributed by atoms with van der Waals surface area (Å²) in [6, 6.07) is 15.9. The summed E-state index contributed by atoms with van der Waals surface area (Å²) in [5.41, 5.74) is 1.13. The molecule has 0 bridgehead atoms. The fraction of sp³-hybridized carbons (Fsp3) is 0.111. The molecule has 0 saturated carbocycles. The quantitative estimate of drug-likeness (QED) is 0.707. The number of hydrogen-bond acceptors (Lipinski definition) is 4. The first-order chi connectivity index (χ1) is 11.5. The Hall–Kier alpha value is -2.79. The summed E-state index contributed by atoms with van der Waals surface area (Å²) < 4.78 is 11.2. The van der Waals surface area contributed by atoms with E-state index in [0.717, 1.165) is 0 Å². The van der Waals surface area contributed by atoms with E-state index in [1.165, 1.54) is 6.92 Å². The maximum atomic E-state index is 11.4. The van der Waals surface area contributed by atoms with E-state index in [1.807, 2.05) is 18.2 Å². The van der Waals surface area contributed by atoms with Gasteiger partial charge in [0.05, 0.1) is 0 Å². The number of benzene rings is 2. The molecule has 0 aliphatic rings. The van der Waals surface area contributed by atoms with Crippen LogP contribution in [-0.2, 0) is 4.79 Å². The smallest absolute Gasteiger partial charge is 0.399 e. The molecule has 1 unspecified atom stereocenters. The predicted octanol–water partition coefficient (Wildman–Crippen LogP) is 4.98. The van der Waals surface area contributed by atoms with E-state index >= 15 is 0 Å². The van der Waals surface area contributed by atoms with Crippen LogP contribution in [0.4, 0.5) is 0 Å². The van der Waals surface area contributed by atoms with Gasteiger partial charge in [-0.2, -0.15) is 4.98 Å². The largest absolute Gasteiger partial charge is 0.481 e. The van der Waals surface area contributed by atoms with E-state index in [2.05, 4.69) is 4.98 Å². The molecule has 6 heteroatoms. The molecule has 5 nitrogen and oxygen atoms in total. The van der Waals surface area contributed by atoms with Gasteiger partial charge in [0.25, 0.3) is 0 Å². The fourth-order valence-electron chi connectivity index (χ4n) is 2.16. The van der Waals surface area contributed by atoms with Gasteiger partial charge in [0, 0.05) is 10.6 Å². The molecule has 0 aliphatic heterocycles. The Bertz CT molecular complexity index is 843. The normalized spacial score (nSPS) is 11.9. The van der Waals surface area contributed by atoms with Crippen LogP contribution in [0.2, 0.25) is 5.02 Å². The number of carboxylic acids is 1. The van der Waals surface area contributed by atoms with Crippen LogP contribution >= 0.6 is 11.6 Å². The van der Waals surface area contributed by atoms with Crippen LogP contribution in [0.1, 0.15) is 18.6 Å². The molecular weight excluding hydrogens is 330 g/mol. The number of nitrogens with zero attached hydrogens (tertiary/aromatic N) is 1. The highest BCUT2D eigenvalue weighted by Gasteiger charge is 2.26. The van der Waals surface area contributed by atoms with E-state index in [9.17, 15) is 9.90 Å². The molecule has 1 aromatic heterocycles. The van der Waals surface area contributed by atoms with Crippen LogP contribution in [0, 0.1) is 0 Å². The molecule has 0 aliphatic carbocycles. The SMILES string of the molecule is CC(C(=O)O)c1oc(Oc2ccccc2)nc1-c1ccc(Cl)cc1. The molecule has 24 heavy (non-hydrogen) atoms. The van der Waals surface area contributed by atoms with Gasteiger partial charge in [-0.05, 0) is 31.2 Å². The van der Waals surface area contributed by atoms with Crippen molar-refractivity contribution in [3.05, 3.63) is 65.4 Å². The molecule has 2 aromatic carbocycles. The van der Waals surface area contributed by atoms with Gasteiger partial charge in [-0.1, -0.05) is 41.9 Å². The molecule has 0 saturated heterocycles. The lowest BCUT2D eigenvalue weighted by Gasteiger charge is -2.04. The number of rotatable bonds is 5. The first kappa shape index (κ1) is 16.1. The van der Waals surface area contributed by atoms with E-state index in [-0.39, 0.29) is 11.8 Å². The predicted molar refractivity (Wildman–Crippen MR) is 89.5 cm³/mol. The summed E-state index contributed by atoms with van der Waals surface area (Å²) in [5.74, 6) is -1.09. The minimum Gasteiger partial charge on any atom is -0.481 e. The molecule has 122 valence electrons. The van der Waals surface area contributed by atoms with E-state index in [1.54, 1.807) is 36.4 Å². The van der Waals surface area contributed by atoms with E-state index in [0.29, 0.717) is 22.0 Å². The van der Waals surface area contributed by atoms with Crippen LogP contribution in [0.3, 0.4) is 0 Å². The highest BCUT2D eigenvalue weighted by molar-refractivity contribution is 6.30. The molecule has 0 fully saturated rings. The van der Waals surface area contributed by atoms with Gasteiger partial charge in [-0.3, -0.25) is 4.79 Å². The van der Waals surface area contributed by atoms with Crippen molar-refractivity contribution in [3.8, 4) is 23.1 Å². The zero-order valence-electron chi connectivity index (χ0n) is 12.8. The Morgan fingerprint density at radius 1 is 1.17 bits per heavy atom. The Labute approximate surface area is 143 Å². The maximum absolute atomic E-state index is 11.4. The van der Waals surface area contributed by atoms with Crippen molar-refractivity contribution in [2.45, 2.75) is 12.8 Å². The summed E-state index contributed by atoms with van der Waals surface area (Å²) in [4.78, 5) is 15.7. The highest BCUT2D eigenvalue weighted by atomic mass is 35.5. The molecule has 1 N–H and O–H groups in total. The summed E-state index contributed by atoms with van der Waals surface area (Å²) in [7, 11) is 0. The molecule has 1 heterocycles. The van der Waals surface area contributed by atoms with Crippen LogP contribution in [0.25, 0.3) is 11.3 Å². The minimum absolute atomic E-state index is 0.00532. The zero-order chi connectivity index (χ0) is 17.1. The molecule has 3 aromatic rings. The minimum atomic E-state index is -1.01. The van der Waals surface area contributed by atoms with Gasteiger partial charge in [-0.15, -0.1) is 0 Å². The average molecular weight is 344 g/mol. The average Bonchev–Trinajstić information content (AvgIpc) is 2.99. The second-order valence-electron chi connectivity index (χ2n) is 5.17. The summed E-state index contributed by atoms with van der Waals surface area (Å²) >= 11 is 5.90. The highest BCUT2D eigenvalue weighted by Crippen LogP contribution is 2.34. The van der Waals surface area contributed by atoms with Crippen molar-refractivity contribution < 1.29 is 19.1 Å². The molecule has 1 atom stereocenters. The third-order valence-electron chi connectivity index (χ3n) is 3.46. The van der Waals surface area contributed by atoms with Crippen LogP contribution < -0.4 is 4.74 Å². The summed E-state index contributed by atoms with van der Waals surface area (Å²) in [6.45, 7) is 1.54. The number of oxazole rings is 1. The Morgan fingerprint density at radius 2 is 1.83 bits per heavy atom. The van der Waals surface area contributed by atoms with Crippen molar-refractivity contribution in [1.82, 2.24) is 4.98 Å². The number of halogens is 1. The number of hydrogen-bond donors (Lipinski definition) is 1. The number of aliphatic carboxylic acids is 1. The van der Waals surface area contributed by atoms with Gasteiger partial charge < -0.3 is 14.3 Å². The fourth-order valence-corrected chi connectivity index (χ4v) is 2.29. The van der Waals surface area contributed by atoms with Gasteiger partial charge in [0.2, 0.25) is 0 Å². The standard InChI is InChI=1S/C18H14ClNO4/c1-11(17(21)22)16-15(12-7-9-13(19)10-8-12)20-18(24-16)23-14-5-3-2-4-6-14/h2-11H,1H3,(H,21,22). The topological polar surface area (TPSA) is 72.6 Å². The molecule has 0 radical (unpaired) electrons. The number of carboxylic acid groups (broad SMARTS) is 1. The van der Waals surface area contributed by atoms with E-state index in [4.69, 9.17) is 20.8 Å². The maximum Gasteiger partial charge on any atom is 0.399 e. The molecule has 0 amide bonds. The molecular formula is C18H14ClNO4. The number of para-hydroxylation sites is 1. The van der Waals surface area contributed by atoms with Gasteiger partial charge in [0.1, 0.15) is 23.1 Å². The molecule has 0 spiro atoms. The zero-order valence-corrected chi connectivity index (χ0v) is 13.5. The first-order valence-corrected chi connectivity index (χ1v) is 7.65. The van der Waals surface area contributed by atoms with Gasteiger partial charge >= 0.3 is 12.0 Å². The Kier molecular flexibility index (Phi) is 4.53. The molecule has 3 rings (SSSR count).